The van der Waals surface area contributed by atoms with Crippen molar-refractivity contribution >= 4 is 5.91 Å². The van der Waals surface area contributed by atoms with E-state index in [1.54, 1.807) is 18.3 Å². The summed E-state index contributed by atoms with van der Waals surface area (Å²) in [6, 6.07) is 17.0. The number of rotatable bonds is 3. The summed E-state index contributed by atoms with van der Waals surface area (Å²) in [5.41, 5.74) is 2.48. The van der Waals surface area contributed by atoms with E-state index < -0.39 is 0 Å². The molecular weight excluding hydrogens is 467 g/mol. The quantitative estimate of drug-likeness (QED) is 0.496. The molecule has 3 aromatic rings. The molecule has 1 spiro atoms. The molecule has 3 heterocycles. The van der Waals surface area contributed by atoms with Crippen molar-refractivity contribution in [3.05, 3.63) is 89.8 Å². The summed E-state index contributed by atoms with van der Waals surface area (Å²) in [5, 5.41) is 0. The van der Waals surface area contributed by atoms with Gasteiger partial charge in [-0.15, -0.1) is 0 Å². The van der Waals surface area contributed by atoms with Crippen LogP contribution >= 0.6 is 0 Å². The Morgan fingerprint density at radius 3 is 2.59 bits per heavy atom. The minimum absolute atomic E-state index is 0.0291. The van der Waals surface area contributed by atoms with Gasteiger partial charge in [0.15, 0.2) is 0 Å². The number of ether oxygens (including phenoxy) is 1. The van der Waals surface area contributed by atoms with Crippen molar-refractivity contribution in [3.8, 4) is 5.75 Å². The summed E-state index contributed by atoms with van der Waals surface area (Å²) in [6.45, 7) is 4.09. The van der Waals surface area contributed by atoms with Crippen LogP contribution in [0.15, 0.2) is 67.1 Å². The van der Waals surface area contributed by atoms with E-state index in [0.717, 1.165) is 50.8 Å². The molecule has 194 valence electrons. The smallest absolute Gasteiger partial charge is 0.272 e. The number of para-hydroxylation sites is 1. The van der Waals surface area contributed by atoms with Crippen LogP contribution in [0, 0.1) is 11.2 Å². The Morgan fingerprint density at radius 1 is 0.973 bits per heavy atom. The van der Waals surface area contributed by atoms with Crippen LogP contribution in [0.2, 0.25) is 0 Å². The maximum atomic E-state index is 14.6. The van der Waals surface area contributed by atoms with Gasteiger partial charge >= 0.3 is 0 Å². The highest BCUT2D eigenvalue weighted by atomic mass is 19.1. The maximum Gasteiger partial charge on any atom is 0.272 e. The molecule has 1 fully saturated rings. The number of hydrogen-bond donors (Lipinski definition) is 0. The number of amides is 1. The summed E-state index contributed by atoms with van der Waals surface area (Å²) >= 11 is 0. The lowest BCUT2D eigenvalue weighted by molar-refractivity contribution is 0.0355. The standard InChI is InChI=1S/C30H35FN4O2/c31-26-10-3-1-9-25(26)21-34-19-20-37-28-11-4-2-7-24(28)8-5-6-13-30(22-34)14-17-35(18-15-30)29(36)27-12-16-32-23-33-27/h1-4,7,9-12,16,23H,5-6,8,13-15,17-22H2. The molecule has 6 nitrogen and oxygen atoms in total. The Balaban J connectivity index is 1.34. The lowest BCUT2D eigenvalue weighted by Crippen LogP contribution is -2.48. The van der Waals surface area contributed by atoms with Gasteiger partial charge in [-0.1, -0.05) is 42.8 Å². The van der Waals surface area contributed by atoms with Crippen LogP contribution in [0.4, 0.5) is 4.39 Å². The van der Waals surface area contributed by atoms with Crippen molar-refractivity contribution in [1.82, 2.24) is 19.8 Å². The molecule has 1 amide bonds. The molecule has 5 rings (SSSR count). The highest BCUT2D eigenvalue weighted by molar-refractivity contribution is 5.92. The molecule has 0 aliphatic carbocycles. The molecule has 0 N–H and O–H groups in total. The first kappa shape index (κ1) is 25.3. The summed E-state index contributed by atoms with van der Waals surface area (Å²) in [5.74, 6) is 0.762. The Kier molecular flexibility index (Phi) is 8.09. The van der Waals surface area contributed by atoms with Crippen molar-refractivity contribution < 1.29 is 13.9 Å². The minimum Gasteiger partial charge on any atom is -0.492 e. The average molecular weight is 503 g/mol. The Bertz CT molecular complexity index is 1180. The number of carbonyl (C=O) groups is 1. The predicted octanol–water partition coefficient (Wildman–Crippen LogP) is 5.15. The highest BCUT2D eigenvalue weighted by Gasteiger charge is 2.37. The average Bonchev–Trinajstić information content (AvgIpc) is 2.93. The number of halogens is 1. The summed E-state index contributed by atoms with van der Waals surface area (Å²) in [4.78, 5) is 25.4. The van der Waals surface area contributed by atoms with Gasteiger partial charge in [-0.25, -0.2) is 14.4 Å². The number of benzene rings is 2. The number of piperidine rings is 1. The van der Waals surface area contributed by atoms with Gasteiger partial charge in [0.05, 0.1) is 0 Å². The Hall–Kier alpha value is -3.32. The molecule has 1 saturated heterocycles. The second kappa shape index (κ2) is 11.8. The van der Waals surface area contributed by atoms with E-state index in [1.165, 1.54) is 18.0 Å². The molecule has 0 bridgehead atoms. The van der Waals surface area contributed by atoms with Crippen LogP contribution in [0.1, 0.15) is 53.7 Å². The largest absolute Gasteiger partial charge is 0.492 e. The van der Waals surface area contributed by atoms with Crippen molar-refractivity contribution in [2.45, 2.75) is 45.1 Å². The number of aromatic nitrogens is 2. The number of hydrogen-bond acceptors (Lipinski definition) is 5. The molecule has 37 heavy (non-hydrogen) atoms. The van der Waals surface area contributed by atoms with Gasteiger partial charge in [-0.3, -0.25) is 9.69 Å². The number of carbonyl (C=O) groups excluding carboxylic acids is 1. The number of likely N-dealkylation sites (tertiary alicyclic amines) is 1. The molecule has 0 saturated carbocycles. The van der Waals surface area contributed by atoms with Gasteiger partial charge in [0.2, 0.25) is 0 Å². The van der Waals surface area contributed by atoms with E-state index in [9.17, 15) is 9.18 Å². The SMILES string of the molecule is O=C(c1ccncn1)N1CCC2(CCCCc3ccccc3OCCN(Cc3ccccc3F)C2)CC1. The molecular formula is C30H35FN4O2. The number of aryl methyl sites for hydroxylation is 1. The Morgan fingerprint density at radius 2 is 1.78 bits per heavy atom. The first-order valence-corrected chi connectivity index (χ1v) is 13.3. The highest BCUT2D eigenvalue weighted by Crippen LogP contribution is 2.39. The van der Waals surface area contributed by atoms with Crippen molar-refractivity contribution in [3.63, 3.8) is 0 Å². The van der Waals surface area contributed by atoms with E-state index in [2.05, 4.69) is 27.0 Å². The van der Waals surface area contributed by atoms with Crippen LogP contribution < -0.4 is 4.74 Å². The second-order valence-electron chi connectivity index (χ2n) is 10.4. The minimum atomic E-state index is -0.167. The Labute approximate surface area is 218 Å². The van der Waals surface area contributed by atoms with Gasteiger partial charge in [0, 0.05) is 44.5 Å². The van der Waals surface area contributed by atoms with E-state index >= 15 is 0 Å². The fraction of sp³-hybridized carbons (Fsp3) is 0.433. The fourth-order valence-electron chi connectivity index (χ4n) is 5.76. The molecule has 2 aromatic carbocycles. The zero-order valence-electron chi connectivity index (χ0n) is 21.3. The fourth-order valence-corrected chi connectivity index (χ4v) is 5.76. The molecule has 2 aliphatic rings. The van der Waals surface area contributed by atoms with Crippen LogP contribution in [0.25, 0.3) is 0 Å². The molecule has 2 aliphatic heterocycles. The monoisotopic (exact) mass is 502 g/mol. The van der Waals surface area contributed by atoms with Crippen molar-refractivity contribution in [2.24, 2.45) is 5.41 Å². The molecule has 7 heteroatoms. The molecule has 1 aromatic heterocycles. The summed E-state index contributed by atoms with van der Waals surface area (Å²) in [7, 11) is 0. The first-order chi connectivity index (χ1) is 18.1. The van der Waals surface area contributed by atoms with Gasteiger partial charge in [0.25, 0.3) is 5.91 Å². The van der Waals surface area contributed by atoms with E-state index in [0.29, 0.717) is 44.0 Å². The van der Waals surface area contributed by atoms with Crippen LogP contribution in [0.5, 0.6) is 5.75 Å². The third kappa shape index (κ3) is 6.34. The third-order valence-electron chi connectivity index (χ3n) is 7.86. The summed E-state index contributed by atoms with van der Waals surface area (Å²) in [6.07, 6.45) is 9.19. The molecule has 0 unspecified atom stereocenters. The zero-order valence-corrected chi connectivity index (χ0v) is 21.3. The van der Waals surface area contributed by atoms with Crippen molar-refractivity contribution in [1.29, 1.82) is 0 Å². The third-order valence-corrected chi connectivity index (χ3v) is 7.86. The van der Waals surface area contributed by atoms with Gasteiger partial charge < -0.3 is 9.64 Å². The van der Waals surface area contributed by atoms with Crippen LogP contribution in [-0.2, 0) is 13.0 Å². The molecule has 0 radical (unpaired) electrons. The second-order valence-corrected chi connectivity index (χ2v) is 10.4. The van der Waals surface area contributed by atoms with Crippen LogP contribution in [0.3, 0.4) is 0 Å². The van der Waals surface area contributed by atoms with Gasteiger partial charge in [0.1, 0.15) is 30.2 Å². The van der Waals surface area contributed by atoms with Gasteiger partial charge in [-0.2, -0.15) is 0 Å². The number of nitrogens with zero attached hydrogens (tertiary/aromatic N) is 4. The normalized spacial score (nSPS) is 18.8. The lowest BCUT2D eigenvalue weighted by atomic mass is 9.73. The van der Waals surface area contributed by atoms with Crippen molar-refractivity contribution in [2.75, 3.05) is 32.8 Å². The summed E-state index contributed by atoms with van der Waals surface area (Å²) < 4.78 is 20.8. The predicted molar refractivity (Wildman–Crippen MR) is 141 cm³/mol. The van der Waals surface area contributed by atoms with E-state index in [-0.39, 0.29) is 17.1 Å². The van der Waals surface area contributed by atoms with E-state index in [4.69, 9.17) is 4.74 Å². The van der Waals surface area contributed by atoms with E-state index in [1.807, 2.05) is 29.2 Å². The maximum absolute atomic E-state index is 14.6. The number of fused-ring (bicyclic) bond motifs is 1. The zero-order chi connectivity index (χ0) is 25.5. The lowest BCUT2D eigenvalue weighted by Gasteiger charge is -2.45. The topological polar surface area (TPSA) is 58.6 Å². The first-order valence-electron chi connectivity index (χ1n) is 13.3. The van der Waals surface area contributed by atoms with Gasteiger partial charge in [-0.05, 0) is 61.3 Å². The molecule has 0 atom stereocenters. The van der Waals surface area contributed by atoms with Crippen LogP contribution in [-0.4, -0.2) is 58.5 Å².